The zero-order chi connectivity index (χ0) is 12.5. The summed E-state index contributed by atoms with van der Waals surface area (Å²) in [5.41, 5.74) is 2.49. The minimum atomic E-state index is -0.495. The number of hydrogen-bond acceptors (Lipinski definition) is 4. The summed E-state index contributed by atoms with van der Waals surface area (Å²) < 4.78 is 10.8. The molecule has 0 saturated heterocycles. The highest BCUT2D eigenvalue weighted by atomic mass is 16.6. The first-order valence-corrected chi connectivity index (χ1v) is 6.49. The summed E-state index contributed by atoms with van der Waals surface area (Å²) in [7, 11) is 0. The third kappa shape index (κ3) is 1.82. The van der Waals surface area contributed by atoms with Crippen LogP contribution in [0.5, 0.6) is 5.75 Å². The van der Waals surface area contributed by atoms with Gasteiger partial charge in [-0.25, -0.2) is 4.79 Å². The molecule has 3 rings (SSSR count). The van der Waals surface area contributed by atoms with E-state index in [1.54, 1.807) is 0 Å². The number of rotatable bonds is 2. The molecule has 0 aliphatic carbocycles. The number of aryl methyl sites for hydroxylation is 1. The molecule has 0 aromatic heterocycles. The number of anilines is 1. The van der Waals surface area contributed by atoms with Crippen LogP contribution in [0.3, 0.4) is 0 Å². The van der Waals surface area contributed by atoms with Gasteiger partial charge in [-0.05, 0) is 31.4 Å². The van der Waals surface area contributed by atoms with E-state index in [0.717, 1.165) is 25.1 Å². The van der Waals surface area contributed by atoms with Crippen molar-refractivity contribution in [1.29, 1.82) is 0 Å². The largest absolute Gasteiger partial charge is 0.475 e. The maximum Gasteiger partial charge on any atom is 0.349 e. The number of carbonyl (C=O) groups excluding carboxylic acids is 1. The first-order chi connectivity index (χ1) is 8.79. The van der Waals surface area contributed by atoms with E-state index in [0.29, 0.717) is 13.2 Å². The van der Waals surface area contributed by atoms with Crippen LogP contribution < -0.4 is 9.64 Å². The molecule has 2 heterocycles. The van der Waals surface area contributed by atoms with E-state index in [4.69, 9.17) is 9.47 Å². The van der Waals surface area contributed by atoms with Gasteiger partial charge in [-0.2, -0.15) is 0 Å². The highest BCUT2D eigenvalue weighted by Crippen LogP contribution is 2.39. The van der Waals surface area contributed by atoms with Gasteiger partial charge < -0.3 is 14.4 Å². The van der Waals surface area contributed by atoms with Crippen LogP contribution in [0.25, 0.3) is 0 Å². The minimum Gasteiger partial charge on any atom is -0.475 e. The van der Waals surface area contributed by atoms with Crippen LogP contribution >= 0.6 is 0 Å². The molecule has 1 unspecified atom stereocenters. The Kier molecular flexibility index (Phi) is 2.86. The summed E-state index contributed by atoms with van der Waals surface area (Å²) >= 11 is 0. The van der Waals surface area contributed by atoms with Crippen LogP contribution in [-0.4, -0.2) is 31.8 Å². The fourth-order valence-electron chi connectivity index (χ4n) is 2.73. The standard InChI is InChI=1S/C14H17NO3/c1-2-17-14(16)12-9-15-8-4-6-10-5-3-7-11(18-12)13(10)15/h3,5,7,12H,2,4,6,8-9H2,1H3. The molecule has 0 bridgehead atoms. The summed E-state index contributed by atoms with van der Waals surface area (Å²) in [6, 6.07) is 6.06. The number of ether oxygens (including phenoxy) is 2. The molecule has 1 aromatic carbocycles. The van der Waals surface area contributed by atoms with Gasteiger partial charge in [0, 0.05) is 6.54 Å². The first-order valence-electron chi connectivity index (χ1n) is 6.49. The number of nitrogens with zero attached hydrogens (tertiary/aromatic N) is 1. The Morgan fingerprint density at radius 1 is 1.56 bits per heavy atom. The molecular formula is C14H17NO3. The molecule has 2 aliphatic heterocycles. The van der Waals surface area contributed by atoms with Crippen LogP contribution in [0, 0.1) is 0 Å². The van der Waals surface area contributed by atoms with Gasteiger partial charge in [-0.1, -0.05) is 12.1 Å². The molecule has 0 saturated carbocycles. The summed E-state index contributed by atoms with van der Waals surface area (Å²) in [5.74, 6) is 0.552. The Balaban J connectivity index is 1.91. The van der Waals surface area contributed by atoms with Gasteiger partial charge in [0.2, 0.25) is 6.10 Å². The molecule has 96 valence electrons. The number of benzene rings is 1. The normalized spacial score (nSPS) is 20.9. The van der Waals surface area contributed by atoms with Gasteiger partial charge in [0.05, 0.1) is 18.8 Å². The molecule has 1 atom stereocenters. The van der Waals surface area contributed by atoms with Crippen molar-refractivity contribution in [3.63, 3.8) is 0 Å². The fourth-order valence-corrected chi connectivity index (χ4v) is 2.73. The molecule has 0 amide bonds. The van der Waals surface area contributed by atoms with Gasteiger partial charge in [0.15, 0.2) is 0 Å². The van der Waals surface area contributed by atoms with E-state index in [9.17, 15) is 4.79 Å². The predicted octanol–water partition coefficient (Wildman–Crippen LogP) is 1.76. The van der Waals surface area contributed by atoms with Crippen LogP contribution in [-0.2, 0) is 16.0 Å². The summed E-state index contributed by atoms with van der Waals surface area (Å²) in [6.45, 7) is 3.80. The van der Waals surface area contributed by atoms with E-state index < -0.39 is 6.10 Å². The quantitative estimate of drug-likeness (QED) is 0.746. The van der Waals surface area contributed by atoms with Gasteiger partial charge in [0.25, 0.3) is 0 Å². The van der Waals surface area contributed by atoms with Crippen molar-refractivity contribution in [2.24, 2.45) is 0 Å². The number of para-hydroxylation sites is 1. The monoisotopic (exact) mass is 247 g/mol. The number of hydrogen-bond donors (Lipinski definition) is 0. The van der Waals surface area contributed by atoms with Crippen LogP contribution in [0.15, 0.2) is 18.2 Å². The van der Waals surface area contributed by atoms with Gasteiger partial charge >= 0.3 is 5.97 Å². The van der Waals surface area contributed by atoms with Crippen molar-refractivity contribution in [2.75, 3.05) is 24.6 Å². The third-order valence-electron chi connectivity index (χ3n) is 3.48. The van der Waals surface area contributed by atoms with Crippen molar-refractivity contribution in [3.8, 4) is 5.75 Å². The van der Waals surface area contributed by atoms with E-state index in [1.165, 1.54) is 11.3 Å². The average Bonchev–Trinajstić information content (AvgIpc) is 2.39. The maximum atomic E-state index is 11.8. The first kappa shape index (κ1) is 11.4. The second-order valence-corrected chi connectivity index (χ2v) is 4.67. The maximum absolute atomic E-state index is 11.8. The molecular weight excluding hydrogens is 230 g/mol. The van der Waals surface area contributed by atoms with Gasteiger partial charge in [0.1, 0.15) is 5.75 Å². The molecule has 4 nitrogen and oxygen atoms in total. The third-order valence-corrected chi connectivity index (χ3v) is 3.48. The SMILES string of the molecule is CCOC(=O)C1CN2CCCc3cccc(c32)O1. The Labute approximate surface area is 106 Å². The summed E-state index contributed by atoms with van der Waals surface area (Å²) in [5, 5.41) is 0. The van der Waals surface area contributed by atoms with Crippen molar-refractivity contribution >= 4 is 11.7 Å². The molecule has 1 aromatic rings. The highest BCUT2D eigenvalue weighted by molar-refractivity contribution is 5.79. The van der Waals surface area contributed by atoms with Crippen molar-refractivity contribution in [1.82, 2.24) is 0 Å². The van der Waals surface area contributed by atoms with Crippen LogP contribution in [0.4, 0.5) is 5.69 Å². The highest BCUT2D eigenvalue weighted by Gasteiger charge is 2.34. The Morgan fingerprint density at radius 2 is 2.44 bits per heavy atom. The molecule has 0 radical (unpaired) electrons. The van der Waals surface area contributed by atoms with E-state index in [2.05, 4.69) is 11.0 Å². The molecule has 0 N–H and O–H groups in total. The molecule has 0 spiro atoms. The average molecular weight is 247 g/mol. The van der Waals surface area contributed by atoms with E-state index in [-0.39, 0.29) is 5.97 Å². The van der Waals surface area contributed by atoms with Crippen molar-refractivity contribution in [2.45, 2.75) is 25.9 Å². The Hall–Kier alpha value is -1.71. The van der Waals surface area contributed by atoms with Gasteiger partial charge in [-0.3, -0.25) is 0 Å². The number of esters is 1. The lowest BCUT2D eigenvalue weighted by Gasteiger charge is -2.39. The lowest BCUT2D eigenvalue weighted by molar-refractivity contribution is -0.151. The van der Waals surface area contributed by atoms with Crippen molar-refractivity contribution < 1.29 is 14.3 Å². The van der Waals surface area contributed by atoms with Gasteiger partial charge in [-0.15, -0.1) is 0 Å². The second kappa shape index (κ2) is 4.52. The van der Waals surface area contributed by atoms with Crippen molar-refractivity contribution in [3.05, 3.63) is 23.8 Å². The zero-order valence-electron chi connectivity index (χ0n) is 10.5. The zero-order valence-corrected chi connectivity index (χ0v) is 10.5. The van der Waals surface area contributed by atoms with E-state index in [1.807, 2.05) is 19.1 Å². The molecule has 4 heteroatoms. The summed E-state index contributed by atoms with van der Waals surface area (Å²) in [4.78, 5) is 14.0. The molecule has 2 aliphatic rings. The Morgan fingerprint density at radius 3 is 3.28 bits per heavy atom. The molecule has 18 heavy (non-hydrogen) atoms. The lowest BCUT2D eigenvalue weighted by atomic mass is 9.99. The predicted molar refractivity (Wildman–Crippen MR) is 68.0 cm³/mol. The minimum absolute atomic E-state index is 0.265. The number of carbonyl (C=O) groups is 1. The van der Waals surface area contributed by atoms with Crippen LogP contribution in [0.1, 0.15) is 18.9 Å². The summed E-state index contributed by atoms with van der Waals surface area (Å²) in [6.07, 6.45) is 1.73. The van der Waals surface area contributed by atoms with E-state index >= 15 is 0 Å². The molecule has 0 fully saturated rings. The lowest BCUT2D eigenvalue weighted by Crippen LogP contribution is -2.47. The van der Waals surface area contributed by atoms with Crippen LogP contribution in [0.2, 0.25) is 0 Å². The topological polar surface area (TPSA) is 38.8 Å². The Bertz CT molecular complexity index is 472. The fraction of sp³-hybridized carbons (Fsp3) is 0.500. The smallest absolute Gasteiger partial charge is 0.349 e. The second-order valence-electron chi connectivity index (χ2n) is 4.67.